The number of esters is 1. The molecule has 1 saturated heterocycles. The lowest BCUT2D eigenvalue weighted by molar-refractivity contribution is -0.114. The van der Waals surface area contributed by atoms with Crippen molar-refractivity contribution in [3.8, 4) is 0 Å². The number of rotatable bonds is 9. The summed E-state index contributed by atoms with van der Waals surface area (Å²) in [7, 11) is 0. The highest BCUT2D eigenvalue weighted by Crippen LogP contribution is 2.19. The van der Waals surface area contributed by atoms with Gasteiger partial charge in [-0.15, -0.1) is 0 Å². The normalized spacial score (nSPS) is 13.6. The maximum absolute atomic E-state index is 12.2. The lowest BCUT2D eigenvalue weighted by Gasteiger charge is -2.28. The molecule has 7 nitrogen and oxygen atoms in total. The van der Waals surface area contributed by atoms with Gasteiger partial charge < -0.3 is 25.0 Å². The molecule has 1 aliphatic heterocycles. The monoisotopic (exact) mass is 411 g/mol. The van der Waals surface area contributed by atoms with Crippen molar-refractivity contribution >= 4 is 28.9 Å². The van der Waals surface area contributed by atoms with Crippen LogP contribution in [0, 0.1) is 0 Å². The minimum absolute atomic E-state index is 0.130. The second-order valence-corrected chi connectivity index (χ2v) is 7.11. The maximum atomic E-state index is 12.2. The van der Waals surface area contributed by atoms with Gasteiger partial charge in [0.2, 0.25) is 5.91 Å². The lowest BCUT2D eigenvalue weighted by Crippen LogP contribution is -2.36. The Kier molecular flexibility index (Phi) is 8.09. The van der Waals surface area contributed by atoms with Crippen LogP contribution >= 0.6 is 0 Å². The molecule has 0 spiro atoms. The van der Waals surface area contributed by atoms with E-state index in [1.54, 1.807) is 24.3 Å². The third-order valence-corrected chi connectivity index (χ3v) is 4.83. The number of carbonyl (C=O) groups is 2. The minimum Gasteiger partial charge on any atom is -0.462 e. The van der Waals surface area contributed by atoms with Gasteiger partial charge in [0.25, 0.3) is 0 Å². The Morgan fingerprint density at radius 2 is 1.67 bits per heavy atom. The van der Waals surface area contributed by atoms with Crippen LogP contribution in [0.5, 0.6) is 0 Å². The first-order chi connectivity index (χ1) is 14.7. The van der Waals surface area contributed by atoms with E-state index in [1.807, 2.05) is 31.2 Å². The smallest absolute Gasteiger partial charge is 0.338 e. The van der Waals surface area contributed by atoms with Gasteiger partial charge in [-0.05, 0) is 55.0 Å². The van der Waals surface area contributed by atoms with Crippen molar-refractivity contribution in [3.05, 3.63) is 54.1 Å². The van der Waals surface area contributed by atoms with Crippen LogP contribution in [-0.4, -0.2) is 51.3 Å². The highest BCUT2D eigenvalue weighted by molar-refractivity contribution is 5.94. The summed E-state index contributed by atoms with van der Waals surface area (Å²) in [6.07, 6.45) is 1.84. The second-order valence-electron chi connectivity index (χ2n) is 7.11. The molecular weight excluding hydrogens is 382 g/mol. The van der Waals surface area contributed by atoms with Crippen LogP contribution in [0.4, 0.5) is 17.1 Å². The van der Waals surface area contributed by atoms with Gasteiger partial charge in [-0.3, -0.25) is 4.79 Å². The fourth-order valence-corrected chi connectivity index (χ4v) is 3.08. The Balaban J connectivity index is 1.43. The summed E-state index contributed by atoms with van der Waals surface area (Å²) in [6.45, 7) is 5.85. The molecule has 160 valence electrons. The number of ether oxygens (including phenoxy) is 2. The van der Waals surface area contributed by atoms with E-state index in [1.165, 1.54) is 0 Å². The Morgan fingerprint density at radius 1 is 1.00 bits per heavy atom. The zero-order valence-corrected chi connectivity index (χ0v) is 17.4. The summed E-state index contributed by atoms with van der Waals surface area (Å²) in [6, 6.07) is 14.7. The Hall–Kier alpha value is -3.06. The average Bonchev–Trinajstić information content (AvgIpc) is 2.79. The van der Waals surface area contributed by atoms with Crippen LogP contribution in [0.1, 0.15) is 30.1 Å². The number of hydrogen-bond acceptors (Lipinski definition) is 6. The van der Waals surface area contributed by atoms with Crippen molar-refractivity contribution in [1.82, 2.24) is 0 Å². The van der Waals surface area contributed by atoms with Gasteiger partial charge in [0.05, 0.1) is 31.9 Å². The number of hydrogen-bond donors (Lipinski definition) is 2. The summed E-state index contributed by atoms with van der Waals surface area (Å²) in [4.78, 5) is 26.4. The molecule has 1 amide bonds. The van der Waals surface area contributed by atoms with E-state index in [4.69, 9.17) is 9.47 Å². The zero-order chi connectivity index (χ0) is 21.2. The molecule has 0 radical (unpaired) electrons. The van der Waals surface area contributed by atoms with E-state index >= 15 is 0 Å². The zero-order valence-electron chi connectivity index (χ0n) is 17.4. The predicted octanol–water partition coefficient (Wildman–Crippen LogP) is 3.53. The lowest BCUT2D eigenvalue weighted by atomic mass is 10.2. The first-order valence-corrected chi connectivity index (χ1v) is 10.4. The van der Waals surface area contributed by atoms with Crippen molar-refractivity contribution in [3.63, 3.8) is 0 Å². The quantitative estimate of drug-likeness (QED) is 0.485. The van der Waals surface area contributed by atoms with Gasteiger partial charge in [0, 0.05) is 30.2 Å². The van der Waals surface area contributed by atoms with Crippen LogP contribution in [-0.2, 0) is 14.3 Å². The molecule has 30 heavy (non-hydrogen) atoms. The van der Waals surface area contributed by atoms with Crippen molar-refractivity contribution in [2.24, 2.45) is 0 Å². The van der Waals surface area contributed by atoms with E-state index < -0.39 is 0 Å². The van der Waals surface area contributed by atoms with Crippen LogP contribution in [0.2, 0.25) is 0 Å². The number of carbonyl (C=O) groups excluding carboxylic acids is 2. The van der Waals surface area contributed by atoms with Crippen molar-refractivity contribution in [2.75, 3.05) is 55.0 Å². The number of benzene rings is 2. The number of amides is 1. The third kappa shape index (κ3) is 6.49. The molecule has 1 aliphatic rings. The molecule has 2 aromatic carbocycles. The Bertz CT molecular complexity index is 815. The third-order valence-electron chi connectivity index (χ3n) is 4.83. The molecular formula is C23H29N3O4. The summed E-state index contributed by atoms with van der Waals surface area (Å²) in [5, 5.41) is 5.94. The SMILES string of the molecule is CCCCOC(=O)c1ccc(NCC(=O)Nc2ccc(N3CCOCC3)cc2)cc1. The van der Waals surface area contributed by atoms with Crippen LogP contribution in [0.3, 0.4) is 0 Å². The molecule has 3 rings (SSSR count). The van der Waals surface area contributed by atoms with Gasteiger partial charge in [-0.1, -0.05) is 13.3 Å². The molecule has 0 bridgehead atoms. The second kappa shape index (κ2) is 11.2. The number of nitrogens with zero attached hydrogens (tertiary/aromatic N) is 1. The number of nitrogens with one attached hydrogen (secondary N) is 2. The van der Waals surface area contributed by atoms with Crippen LogP contribution in [0.15, 0.2) is 48.5 Å². The Labute approximate surface area is 177 Å². The fraction of sp³-hybridized carbons (Fsp3) is 0.391. The van der Waals surface area contributed by atoms with E-state index in [0.717, 1.165) is 56.2 Å². The summed E-state index contributed by atoms with van der Waals surface area (Å²) in [5.41, 5.74) is 3.14. The summed E-state index contributed by atoms with van der Waals surface area (Å²) < 4.78 is 10.6. The van der Waals surface area contributed by atoms with Gasteiger partial charge in [0.15, 0.2) is 0 Å². The van der Waals surface area contributed by atoms with Gasteiger partial charge >= 0.3 is 5.97 Å². The topological polar surface area (TPSA) is 79.9 Å². The van der Waals surface area contributed by atoms with Crippen LogP contribution in [0.25, 0.3) is 0 Å². The van der Waals surface area contributed by atoms with Crippen molar-refractivity contribution < 1.29 is 19.1 Å². The van der Waals surface area contributed by atoms with Crippen molar-refractivity contribution in [1.29, 1.82) is 0 Å². The largest absolute Gasteiger partial charge is 0.462 e. The highest BCUT2D eigenvalue weighted by atomic mass is 16.5. The molecule has 2 N–H and O–H groups in total. The van der Waals surface area contributed by atoms with Gasteiger partial charge in [-0.25, -0.2) is 4.79 Å². The number of anilines is 3. The van der Waals surface area contributed by atoms with Gasteiger partial charge in [0.1, 0.15) is 0 Å². The molecule has 1 fully saturated rings. The number of morpholine rings is 1. The molecule has 2 aromatic rings. The first kappa shape index (κ1) is 21.6. The average molecular weight is 412 g/mol. The van der Waals surface area contributed by atoms with E-state index in [2.05, 4.69) is 15.5 Å². The molecule has 1 heterocycles. The molecule has 0 aromatic heterocycles. The highest BCUT2D eigenvalue weighted by Gasteiger charge is 2.11. The number of unbranched alkanes of at least 4 members (excludes halogenated alkanes) is 1. The summed E-state index contributed by atoms with van der Waals surface area (Å²) in [5.74, 6) is -0.467. The molecule has 7 heteroatoms. The fourth-order valence-electron chi connectivity index (χ4n) is 3.08. The van der Waals surface area contributed by atoms with Gasteiger partial charge in [-0.2, -0.15) is 0 Å². The summed E-state index contributed by atoms with van der Waals surface area (Å²) >= 11 is 0. The van der Waals surface area contributed by atoms with E-state index in [0.29, 0.717) is 12.2 Å². The minimum atomic E-state index is -0.326. The van der Waals surface area contributed by atoms with Crippen molar-refractivity contribution in [2.45, 2.75) is 19.8 Å². The first-order valence-electron chi connectivity index (χ1n) is 10.4. The van der Waals surface area contributed by atoms with E-state index in [9.17, 15) is 9.59 Å². The predicted molar refractivity (Wildman–Crippen MR) is 118 cm³/mol. The maximum Gasteiger partial charge on any atom is 0.338 e. The molecule has 0 saturated carbocycles. The molecule has 0 atom stereocenters. The standard InChI is InChI=1S/C23H29N3O4/c1-2-3-14-30-23(28)18-4-6-19(7-5-18)24-17-22(27)25-20-8-10-21(11-9-20)26-12-15-29-16-13-26/h4-11,24H,2-3,12-17H2,1H3,(H,25,27). The molecule has 0 unspecified atom stereocenters. The Morgan fingerprint density at radius 3 is 2.33 bits per heavy atom. The van der Waals surface area contributed by atoms with E-state index in [-0.39, 0.29) is 18.4 Å². The van der Waals surface area contributed by atoms with Crippen LogP contribution < -0.4 is 15.5 Å². The molecule has 0 aliphatic carbocycles.